The van der Waals surface area contributed by atoms with Gasteiger partial charge >= 0.3 is 0 Å². The van der Waals surface area contributed by atoms with Gasteiger partial charge in [0.05, 0.1) is 12.1 Å². The smallest absolute Gasteiger partial charge is 0.0813 e. The number of aliphatic hydroxyl groups excluding tert-OH is 1. The topological polar surface area (TPSA) is 58.3 Å². The Morgan fingerprint density at radius 1 is 1.04 bits per heavy atom. The quantitative estimate of drug-likeness (QED) is 0.538. The molecule has 2 aromatic carbocycles. The van der Waals surface area contributed by atoms with Crippen LogP contribution in [0.5, 0.6) is 0 Å². The van der Waals surface area contributed by atoms with Crippen LogP contribution in [-0.4, -0.2) is 5.11 Å². The van der Waals surface area contributed by atoms with Gasteiger partial charge in [0.15, 0.2) is 0 Å². The molecule has 0 saturated carbocycles. The van der Waals surface area contributed by atoms with Crippen molar-refractivity contribution in [3.8, 4) is 0 Å². The molecule has 2 unspecified atom stereocenters. The van der Waals surface area contributed by atoms with Crippen molar-refractivity contribution in [1.29, 1.82) is 0 Å². The summed E-state index contributed by atoms with van der Waals surface area (Å²) in [5.41, 5.74) is 8.58. The summed E-state index contributed by atoms with van der Waals surface area (Å²) in [6.45, 7) is 0.506. The SMILES string of the molecule is NCc1ccc(C(O)CC(Nc2ccc(Cl)cc2)c2cccs2)cc1. The van der Waals surface area contributed by atoms with Crippen molar-refractivity contribution < 1.29 is 5.11 Å². The van der Waals surface area contributed by atoms with Gasteiger partial charge in [-0.15, -0.1) is 11.3 Å². The van der Waals surface area contributed by atoms with E-state index in [1.165, 1.54) is 4.88 Å². The molecule has 0 aliphatic heterocycles. The summed E-state index contributed by atoms with van der Waals surface area (Å²) < 4.78 is 0. The Morgan fingerprint density at radius 2 is 1.76 bits per heavy atom. The van der Waals surface area contributed by atoms with Crippen LogP contribution in [0.2, 0.25) is 5.02 Å². The first kappa shape index (κ1) is 18.0. The van der Waals surface area contributed by atoms with E-state index in [0.717, 1.165) is 16.8 Å². The van der Waals surface area contributed by atoms with E-state index in [-0.39, 0.29) is 6.04 Å². The predicted molar refractivity (Wildman–Crippen MR) is 106 cm³/mol. The van der Waals surface area contributed by atoms with Gasteiger partial charge in [0, 0.05) is 28.6 Å². The monoisotopic (exact) mass is 372 g/mol. The molecule has 5 heteroatoms. The average Bonchev–Trinajstić information content (AvgIpc) is 3.17. The predicted octanol–water partition coefficient (Wildman–Crippen LogP) is 5.14. The molecule has 0 fully saturated rings. The summed E-state index contributed by atoms with van der Waals surface area (Å²) in [7, 11) is 0. The molecule has 130 valence electrons. The lowest BCUT2D eigenvalue weighted by molar-refractivity contribution is 0.161. The number of nitrogens with one attached hydrogen (secondary N) is 1. The fourth-order valence-electron chi connectivity index (χ4n) is 2.72. The number of thiophene rings is 1. The third-order valence-electron chi connectivity index (χ3n) is 4.13. The molecule has 0 spiro atoms. The third kappa shape index (κ3) is 4.83. The van der Waals surface area contributed by atoms with Crippen molar-refractivity contribution in [1.82, 2.24) is 0 Å². The molecule has 0 saturated heterocycles. The van der Waals surface area contributed by atoms with Crippen molar-refractivity contribution in [2.24, 2.45) is 5.73 Å². The highest BCUT2D eigenvalue weighted by molar-refractivity contribution is 7.10. The van der Waals surface area contributed by atoms with Crippen molar-refractivity contribution >= 4 is 28.6 Å². The van der Waals surface area contributed by atoms with Gasteiger partial charge in [0.25, 0.3) is 0 Å². The number of halogens is 1. The summed E-state index contributed by atoms with van der Waals surface area (Å²) >= 11 is 7.64. The molecular weight excluding hydrogens is 352 g/mol. The van der Waals surface area contributed by atoms with Crippen LogP contribution in [0.3, 0.4) is 0 Å². The van der Waals surface area contributed by atoms with Crippen LogP contribution in [-0.2, 0) is 6.54 Å². The normalized spacial score (nSPS) is 13.4. The molecule has 3 nitrogen and oxygen atoms in total. The molecule has 3 aromatic rings. The molecule has 0 bridgehead atoms. The Morgan fingerprint density at radius 3 is 2.36 bits per heavy atom. The van der Waals surface area contributed by atoms with Crippen LogP contribution < -0.4 is 11.1 Å². The van der Waals surface area contributed by atoms with Gasteiger partial charge in [0.1, 0.15) is 0 Å². The highest BCUT2D eigenvalue weighted by atomic mass is 35.5. The fraction of sp³-hybridized carbons (Fsp3) is 0.200. The van der Waals surface area contributed by atoms with Crippen LogP contribution in [0, 0.1) is 0 Å². The third-order valence-corrected chi connectivity index (χ3v) is 5.37. The largest absolute Gasteiger partial charge is 0.388 e. The zero-order valence-corrected chi connectivity index (χ0v) is 15.3. The van der Waals surface area contributed by atoms with Gasteiger partial charge in [-0.25, -0.2) is 0 Å². The molecular formula is C20H21ClN2OS. The van der Waals surface area contributed by atoms with Crippen molar-refractivity contribution in [2.45, 2.75) is 25.1 Å². The number of nitrogens with two attached hydrogens (primary N) is 1. The number of rotatable bonds is 7. The molecule has 3 rings (SSSR count). The van der Waals surface area contributed by atoms with Crippen LogP contribution >= 0.6 is 22.9 Å². The minimum absolute atomic E-state index is 0.0189. The molecule has 0 amide bonds. The summed E-state index contributed by atoms with van der Waals surface area (Å²) in [5, 5.41) is 16.9. The van der Waals surface area contributed by atoms with Crippen molar-refractivity contribution in [3.63, 3.8) is 0 Å². The fourth-order valence-corrected chi connectivity index (χ4v) is 3.64. The second-order valence-electron chi connectivity index (χ2n) is 5.92. The van der Waals surface area contributed by atoms with Gasteiger partial charge in [-0.1, -0.05) is 41.9 Å². The zero-order chi connectivity index (χ0) is 17.6. The second-order valence-corrected chi connectivity index (χ2v) is 7.33. The standard InChI is InChI=1S/C20H21ClN2OS/c21-16-7-9-17(10-8-16)23-18(20-2-1-11-25-20)12-19(24)15-5-3-14(13-22)4-6-15/h1-11,18-19,23-24H,12-13,22H2. The summed E-state index contributed by atoms with van der Waals surface area (Å²) in [4.78, 5) is 1.19. The van der Waals surface area contributed by atoms with Gasteiger partial charge in [0.2, 0.25) is 0 Å². The van der Waals surface area contributed by atoms with Crippen LogP contribution in [0.25, 0.3) is 0 Å². The Balaban J connectivity index is 1.76. The molecule has 25 heavy (non-hydrogen) atoms. The molecule has 0 aliphatic carbocycles. The molecule has 1 aromatic heterocycles. The molecule has 2 atom stereocenters. The lowest BCUT2D eigenvalue weighted by Crippen LogP contribution is -2.14. The van der Waals surface area contributed by atoms with Crippen molar-refractivity contribution in [3.05, 3.63) is 87.1 Å². The number of aliphatic hydroxyl groups is 1. The molecule has 4 N–H and O–H groups in total. The second kappa shape index (κ2) is 8.50. The van der Waals surface area contributed by atoms with E-state index in [4.69, 9.17) is 17.3 Å². The van der Waals surface area contributed by atoms with Crippen LogP contribution in [0.1, 0.15) is 34.6 Å². The Labute approximate surface area is 157 Å². The van der Waals surface area contributed by atoms with E-state index < -0.39 is 6.10 Å². The van der Waals surface area contributed by atoms with Gasteiger partial charge in [-0.05, 0) is 46.8 Å². The maximum Gasteiger partial charge on any atom is 0.0813 e. The van der Waals surface area contributed by atoms with Crippen LogP contribution in [0.15, 0.2) is 66.0 Å². The molecule has 1 heterocycles. The lowest BCUT2D eigenvalue weighted by Gasteiger charge is -2.22. The number of anilines is 1. The first-order valence-corrected chi connectivity index (χ1v) is 9.44. The van der Waals surface area contributed by atoms with Crippen LogP contribution in [0.4, 0.5) is 5.69 Å². The van der Waals surface area contributed by atoms with E-state index in [2.05, 4.69) is 11.4 Å². The number of hydrogen-bond acceptors (Lipinski definition) is 4. The van der Waals surface area contributed by atoms with E-state index in [0.29, 0.717) is 18.0 Å². The minimum Gasteiger partial charge on any atom is -0.388 e. The van der Waals surface area contributed by atoms with E-state index in [9.17, 15) is 5.11 Å². The zero-order valence-electron chi connectivity index (χ0n) is 13.7. The van der Waals surface area contributed by atoms with E-state index in [1.807, 2.05) is 60.0 Å². The summed E-state index contributed by atoms with van der Waals surface area (Å²) in [6, 6.07) is 19.6. The Hall–Kier alpha value is -1.85. The van der Waals surface area contributed by atoms with Gasteiger partial charge in [-0.3, -0.25) is 0 Å². The van der Waals surface area contributed by atoms with Gasteiger partial charge < -0.3 is 16.2 Å². The number of hydrogen-bond donors (Lipinski definition) is 3. The average molecular weight is 373 g/mol. The maximum absolute atomic E-state index is 10.7. The number of benzene rings is 2. The first-order valence-electron chi connectivity index (χ1n) is 8.18. The first-order chi connectivity index (χ1) is 12.2. The Bertz CT molecular complexity index is 772. The summed E-state index contributed by atoms with van der Waals surface area (Å²) in [5.74, 6) is 0. The summed E-state index contributed by atoms with van der Waals surface area (Å²) in [6.07, 6.45) is 0.0178. The van der Waals surface area contributed by atoms with Gasteiger partial charge in [-0.2, -0.15) is 0 Å². The maximum atomic E-state index is 10.7. The minimum atomic E-state index is -0.557. The molecule has 0 radical (unpaired) electrons. The highest BCUT2D eigenvalue weighted by Crippen LogP contribution is 2.32. The van der Waals surface area contributed by atoms with E-state index in [1.54, 1.807) is 11.3 Å². The highest BCUT2D eigenvalue weighted by Gasteiger charge is 2.19. The van der Waals surface area contributed by atoms with E-state index >= 15 is 0 Å². The van der Waals surface area contributed by atoms with Crippen molar-refractivity contribution in [2.75, 3.05) is 5.32 Å². The Kier molecular flexibility index (Phi) is 6.10. The molecule has 0 aliphatic rings. The lowest BCUT2D eigenvalue weighted by atomic mass is 9.99.